The topological polar surface area (TPSA) is 63.6 Å². The molecule has 3 aromatic rings. The van der Waals surface area contributed by atoms with E-state index in [0.29, 0.717) is 6.54 Å². The molecular formula is C15H13F3N4O2. The highest BCUT2D eigenvalue weighted by atomic mass is 19.4. The van der Waals surface area contributed by atoms with Crippen molar-refractivity contribution in [3.63, 3.8) is 0 Å². The van der Waals surface area contributed by atoms with Crippen LogP contribution in [0, 0.1) is 0 Å². The van der Waals surface area contributed by atoms with Crippen LogP contribution in [0.2, 0.25) is 0 Å². The zero-order valence-electron chi connectivity index (χ0n) is 12.8. The average molecular weight is 338 g/mol. The molecule has 126 valence electrons. The van der Waals surface area contributed by atoms with Crippen molar-refractivity contribution in [2.45, 2.75) is 13.1 Å². The highest BCUT2D eigenvalue weighted by Crippen LogP contribution is 2.34. The van der Waals surface area contributed by atoms with E-state index in [1.807, 2.05) is 0 Å². The van der Waals surface area contributed by atoms with Gasteiger partial charge < -0.3 is 9.32 Å². The van der Waals surface area contributed by atoms with Gasteiger partial charge in [-0.1, -0.05) is 0 Å². The van der Waals surface area contributed by atoms with Crippen LogP contribution in [0.15, 0.2) is 35.5 Å². The summed E-state index contributed by atoms with van der Waals surface area (Å²) in [5, 5.41) is 0. The smallest absolute Gasteiger partial charge is 0.417 e. The van der Waals surface area contributed by atoms with E-state index in [1.54, 1.807) is 14.0 Å². The molecule has 24 heavy (non-hydrogen) atoms. The number of hydrogen-bond donors (Lipinski definition) is 0. The highest BCUT2D eigenvalue weighted by molar-refractivity contribution is 5.94. The average Bonchev–Trinajstić information content (AvgIpc) is 3.20. The zero-order chi connectivity index (χ0) is 17.5. The first-order valence-corrected chi connectivity index (χ1v) is 7.05. The molecule has 0 aliphatic rings. The highest BCUT2D eigenvalue weighted by Gasteiger charge is 2.33. The van der Waals surface area contributed by atoms with Crippen molar-refractivity contribution >= 4 is 11.6 Å². The van der Waals surface area contributed by atoms with Gasteiger partial charge in [-0.15, -0.1) is 0 Å². The summed E-state index contributed by atoms with van der Waals surface area (Å²) in [6.07, 6.45) is -0.0528. The Morgan fingerprint density at radius 1 is 1.38 bits per heavy atom. The Morgan fingerprint density at radius 3 is 2.71 bits per heavy atom. The number of pyridine rings is 1. The van der Waals surface area contributed by atoms with E-state index in [1.165, 1.54) is 17.3 Å². The number of imidazole rings is 1. The van der Waals surface area contributed by atoms with Gasteiger partial charge in [0.2, 0.25) is 0 Å². The summed E-state index contributed by atoms with van der Waals surface area (Å²) in [7, 11) is 1.56. The van der Waals surface area contributed by atoms with Crippen LogP contribution >= 0.6 is 0 Å². The third kappa shape index (κ3) is 2.61. The number of carbonyl (C=O) groups is 1. The number of aromatic nitrogens is 3. The first-order valence-electron chi connectivity index (χ1n) is 7.05. The van der Waals surface area contributed by atoms with Gasteiger partial charge in [0.15, 0.2) is 12.2 Å². The number of amides is 1. The Morgan fingerprint density at radius 2 is 2.12 bits per heavy atom. The number of carbonyl (C=O) groups excluding carboxylic acids is 1. The Labute approximate surface area is 134 Å². The van der Waals surface area contributed by atoms with Crippen LogP contribution in [0.1, 0.15) is 23.0 Å². The fraction of sp³-hybridized carbons (Fsp3) is 0.267. The number of rotatable bonds is 3. The summed E-state index contributed by atoms with van der Waals surface area (Å²) in [6, 6.07) is 0.931. The van der Waals surface area contributed by atoms with Crippen LogP contribution in [0.5, 0.6) is 0 Å². The molecule has 0 bridgehead atoms. The normalized spacial score (nSPS) is 11.9. The van der Waals surface area contributed by atoms with Crippen molar-refractivity contribution < 1.29 is 22.4 Å². The molecule has 0 N–H and O–H groups in total. The lowest BCUT2D eigenvalue weighted by Crippen LogP contribution is -2.27. The molecule has 3 rings (SSSR count). The minimum absolute atomic E-state index is 0.0428. The summed E-state index contributed by atoms with van der Waals surface area (Å²) in [6.45, 7) is 2.18. The van der Waals surface area contributed by atoms with Gasteiger partial charge in [-0.05, 0) is 13.0 Å². The molecular weight excluding hydrogens is 325 g/mol. The molecule has 0 aliphatic carbocycles. The Hall–Kier alpha value is -2.84. The van der Waals surface area contributed by atoms with Crippen LogP contribution in [0.25, 0.3) is 17.0 Å². The van der Waals surface area contributed by atoms with Crippen molar-refractivity contribution in [1.82, 2.24) is 19.3 Å². The predicted molar refractivity (Wildman–Crippen MR) is 78.3 cm³/mol. The van der Waals surface area contributed by atoms with Crippen LogP contribution in [0.4, 0.5) is 13.2 Å². The molecule has 0 radical (unpaired) electrons. The molecule has 3 aromatic heterocycles. The second kappa shape index (κ2) is 5.66. The minimum Gasteiger partial charge on any atom is -0.443 e. The molecule has 0 aromatic carbocycles. The maximum absolute atomic E-state index is 13.2. The summed E-state index contributed by atoms with van der Waals surface area (Å²) < 4.78 is 45.9. The fourth-order valence-electron chi connectivity index (χ4n) is 2.27. The van der Waals surface area contributed by atoms with Gasteiger partial charge in [0.05, 0.1) is 23.5 Å². The van der Waals surface area contributed by atoms with E-state index in [0.717, 1.165) is 23.1 Å². The Bertz CT molecular complexity index is 884. The van der Waals surface area contributed by atoms with Crippen LogP contribution < -0.4 is 0 Å². The molecule has 0 saturated heterocycles. The number of nitrogens with zero attached hydrogens (tertiary/aromatic N) is 4. The van der Waals surface area contributed by atoms with Crippen molar-refractivity contribution in [3.8, 4) is 11.3 Å². The molecule has 0 unspecified atom stereocenters. The van der Waals surface area contributed by atoms with Gasteiger partial charge in [-0.3, -0.25) is 9.20 Å². The van der Waals surface area contributed by atoms with Gasteiger partial charge in [0.1, 0.15) is 11.3 Å². The van der Waals surface area contributed by atoms with E-state index >= 15 is 0 Å². The summed E-state index contributed by atoms with van der Waals surface area (Å²) in [4.78, 5) is 21.6. The number of halogens is 3. The zero-order valence-corrected chi connectivity index (χ0v) is 12.8. The largest absolute Gasteiger partial charge is 0.443 e. The lowest BCUT2D eigenvalue weighted by atomic mass is 10.1. The van der Waals surface area contributed by atoms with Crippen LogP contribution in [-0.2, 0) is 6.18 Å². The lowest BCUT2D eigenvalue weighted by Gasteiger charge is -2.15. The standard InChI is InChI=1S/C15H13F3N4O2/c1-3-21(2)14(23)11-5-20-13-10(12-6-19-8-24-12)4-9(7-22(11)13)15(16,17)18/h4-8H,3H2,1-2H3. The van der Waals surface area contributed by atoms with Crippen molar-refractivity contribution in [2.24, 2.45) is 0 Å². The monoisotopic (exact) mass is 338 g/mol. The van der Waals surface area contributed by atoms with Crippen molar-refractivity contribution in [3.05, 3.63) is 42.3 Å². The number of oxazole rings is 1. The molecule has 9 heteroatoms. The summed E-state index contributed by atoms with van der Waals surface area (Å²) >= 11 is 0. The van der Waals surface area contributed by atoms with Gasteiger partial charge in [0, 0.05) is 19.8 Å². The first-order chi connectivity index (χ1) is 11.3. The van der Waals surface area contributed by atoms with E-state index in [9.17, 15) is 18.0 Å². The summed E-state index contributed by atoms with van der Waals surface area (Å²) in [5.41, 5.74) is -0.568. The number of alkyl halides is 3. The SMILES string of the molecule is CCN(C)C(=O)c1cnc2c(-c3cnco3)cc(C(F)(F)F)cn12. The molecule has 3 heterocycles. The maximum Gasteiger partial charge on any atom is 0.417 e. The minimum atomic E-state index is -4.58. The molecule has 0 aliphatic heterocycles. The Balaban J connectivity index is 2.29. The van der Waals surface area contributed by atoms with Gasteiger partial charge in [-0.2, -0.15) is 13.2 Å². The lowest BCUT2D eigenvalue weighted by molar-refractivity contribution is -0.137. The van der Waals surface area contributed by atoms with Gasteiger partial charge in [0.25, 0.3) is 5.91 Å². The van der Waals surface area contributed by atoms with Crippen LogP contribution in [0.3, 0.4) is 0 Å². The quantitative estimate of drug-likeness (QED) is 0.736. The molecule has 0 atom stereocenters. The summed E-state index contributed by atoms with van der Waals surface area (Å²) in [5.74, 6) is -0.285. The van der Waals surface area contributed by atoms with Gasteiger partial charge in [-0.25, -0.2) is 9.97 Å². The second-order valence-corrected chi connectivity index (χ2v) is 5.16. The predicted octanol–water partition coefficient (Wildman–Crippen LogP) is 3.10. The Kier molecular flexibility index (Phi) is 3.78. The van der Waals surface area contributed by atoms with E-state index in [4.69, 9.17) is 4.42 Å². The van der Waals surface area contributed by atoms with Crippen molar-refractivity contribution in [2.75, 3.05) is 13.6 Å². The van der Waals surface area contributed by atoms with E-state index < -0.39 is 17.6 Å². The van der Waals surface area contributed by atoms with E-state index in [2.05, 4.69) is 9.97 Å². The molecule has 0 spiro atoms. The molecule has 0 fully saturated rings. The van der Waals surface area contributed by atoms with Crippen molar-refractivity contribution in [1.29, 1.82) is 0 Å². The third-order valence-electron chi connectivity index (χ3n) is 3.67. The third-order valence-corrected chi connectivity index (χ3v) is 3.67. The second-order valence-electron chi connectivity index (χ2n) is 5.16. The molecule has 0 saturated carbocycles. The van der Waals surface area contributed by atoms with Crippen LogP contribution in [-0.4, -0.2) is 38.8 Å². The number of fused-ring (bicyclic) bond motifs is 1. The fourth-order valence-corrected chi connectivity index (χ4v) is 2.27. The molecule has 6 nitrogen and oxygen atoms in total. The molecule has 1 amide bonds. The van der Waals surface area contributed by atoms with E-state index in [-0.39, 0.29) is 22.7 Å². The first kappa shape index (κ1) is 16.0. The maximum atomic E-state index is 13.2. The number of hydrogen-bond acceptors (Lipinski definition) is 4. The van der Waals surface area contributed by atoms with Gasteiger partial charge >= 0.3 is 6.18 Å².